The van der Waals surface area contributed by atoms with Crippen molar-refractivity contribution in [2.75, 3.05) is 34.1 Å². The van der Waals surface area contributed by atoms with Gasteiger partial charge in [-0.15, -0.1) is 0 Å². The highest BCUT2D eigenvalue weighted by Gasteiger charge is 2.27. The lowest BCUT2D eigenvalue weighted by Crippen LogP contribution is -2.16. The fourth-order valence-electron chi connectivity index (χ4n) is 1.41. The van der Waals surface area contributed by atoms with Crippen LogP contribution in [0.2, 0.25) is 0 Å². The summed E-state index contributed by atoms with van der Waals surface area (Å²) in [5.74, 6) is -0.195. The molecule has 0 spiro atoms. The molecule has 0 saturated carbocycles. The maximum atomic E-state index is 11.8. The van der Waals surface area contributed by atoms with E-state index in [0.717, 1.165) is 19.3 Å². The number of hydrogen-bond donors (Lipinski definition) is 0. The Labute approximate surface area is 103 Å². The average Bonchev–Trinajstić information content (AvgIpc) is 2.34. The van der Waals surface area contributed by atoms with Gasteiger partial charge in [0.1, 0.15) is 11.9 Å². The number of ether oxygens (including phenoxy) is 1. The zero-order chi connectivity index (χ0) is 13.3. The minimum absolute atomic E-state index is 0.0746. The second-order valence-corrected chi connectivity index (χ2v) is 6.26. The van der Waals surface area contributed by atoms with Crippen LogP contribution < -0.4 is 0 Å². The molecule has 6 heteroatoms. The number of carbonyl (C=O) groups is 1. The molecule has 0 radical (unpaired) electrons. The molecule has 1 atom stereocenters. The Kier molecular flexibility index (Phi) is 8.70. The van der Waals surface area contributed by atoms with E-state index in [1.54, 1.807) is 7.11 Å². The molecule has 0 fully saturated rings. The largest absolute Gasteiger partial charge is 0.385 e. The van der Waals surface area contributed by atoms with E-state index in [-0.39, 0.29) is 17.9 Å². The predicted molar refractivity (Wildman–Crippen MR) is 66.4 cm³/mol. The quantitative estimate of drug-likeness (QED) is 0.449. The zero-order valence-electron chi connectivity index (χ0n) is 11.1. The molecular weight excluding hydrogens is 243 g/mol. The van der Waals surface area contributed by atoms with Gasteiger partial charge in [0.25, 0.3) is 0 Å². The van der Waals surface area contributed by atoms with Gasteiger partial charge in [0.2, 0.25) is 0 Å². The first-order chi connectivity index (χ1) is 7.99. The fraction of sp³-hybridized carbons (Fsp3) is 0.909. The van der Waals surface area contributed by atoms with E-state index in [2.05, 4.69) is 0 Å². The van der Waals surface area contributed by atoms with Crippen molar-refractivity contribution in [2.24, 2.45) is 5.92 Å². The van der Waals surface area contributed by atoms with Gasteiger partial charge in [-0.05, 0) is 12.8 Å². The van der Waals surface area contributed by atoms with Gasteiger partial charge in [-0.25, -0.2) is 0 Å². The van der Waals surface area contributed by atoms with Crippen LogP contribution in [0, 0.1) is 5.92 Å². The molecule has 0 aromatic carbocycles. The first kappa shape index (κ1) is 16.8. The third-order valence-electron chi connectivity index (χ3n) is 2.69. The van der Waals surface area contributed by atoms with Crippen LogP contribution in [-0.4, -0.2) is 39.9 Å². The van der Waals surface area contributed by atoms with Gasteiger partial charge in [-0.1, -0.05) is 13.3 Å². The Hall–Kier alpha value is -0.220. The summed E-state index contributed by atoms with van der Waals surface area (Å²) >= 11 is 0. The molecule has 0 bridgehead atoms. The van der Waals surface area contributed by atoms with Crippen molar-refractivity contribution in [3.05, 3.63) is 0 Å². The summed E-state index contributed by atoms with van der Waals surface area (Å²) < 4.78 is 26.2. The van der Waals surface area contributed by atoms with E-state index in [4.69, 9.17) is 13.8 Å². The van der Waals surface area contributed by atoms with E-state index in [1.807, 2.05) is 6.92 Å². The summed E-state index contributed by atoms with van der Waals surface area (Å²) in [5, 5.41) is 0. The van der Waals surface area contributed by atoms with Crippen LogP contribution >= 0.6 is 7.60 Å². The lowest BCUT2D eigenvalue weighted by atomic mass is 10.0. The highest BCUT2D eigenvalue weighted by Crippen LogP contribution is 2.46. The fourth-order valence-corrected chi connectivity index (χ4v) is 2.51. The summed E-state index contributed by atoms with van der Waals surface area (Å²) in [6, 6.07) is 0. The second kappa shape index (κ2) is 8.81. The Morgan fingerprint density at radius 3 is 2.24 bits per heavy atom. The topological polar surface area (TPSA) is 61.8 Å². The Balaban J connectivity index is 4.01. The summed E-state index contributed by atoms with van der Waals surface area (Å²) in [6.07, 6.45) is 2.48. The number of unbranched alkanes of at least 4 members (excludes halogenated alkanes) is 1. The number of methoxy groups -OCH3 is 1. The molecule has 0 N–H and O–H groups in total. The van der Waals surface area contributed by atoms with Gasteiger partial charge in [-0.3, -0.25) is 9.36 Å². The number of carbonyl (C=O) groups excluding carboxylic acids is 1. The van der Waals surface area contributed by atoms with E-state index >= 15 is 0 Å². The lowest BCUT2D eigenvalue weighted by molar-refractivity contribution is -0.120. The Morgan fingerprint density at radius 1 is 1.18 bits per heavy atom. The SMILES string of the molecule is COCCCCC(C)C(=O)CP(=O)(OC)OC. The van der Waals surface area contributed by atoms with Gasteiger partial charge < -0.3 is 13.8 Å². The molecule has 0 aliphatic rings. The standard InChI is InChI=1S/C11H23O5P/c1-10(7-5-6-8-14-2)11(12)9-17(13,15-3)16-4/h10H,5-9H2,1-4H3. The summed E-state index contributed by atoms with van der Waals surface area (Å²) in [4.78, 5) is 11.8. The average molecular weight is 266 g/mol. The molecule has 1 unspecified atom stereocenters. The minimum atomic E-state index is -3.21. The molecule has 0 saturated heterocycles. The highest BCUT2D eigenvalue weighted by atomic mass is 31.2. The molecule has 0 heterocycles. The van der Waals surface area contributed by atoms with Crippen molar-refractivity contribution in [2.45, 2.75) is 26.2 Å². The van der Waals surface area contributed by atoms with Crippen LogP contribution in [0.15, 0.2) is 0 Å². The minimum Gasteiger partial charge on any atom is -0.385 e. The summed E-state index contributed by atoms with van der Waals surface area (Å²) in [5.41, 5.74) is 0. The molecule has 5 nitrogen and oxygen atoms in total. The van der Waals surface area contributed by atoms with Gasteiger partial charge in [0, 0.05) is 33.9 Å². The maximum absolute atomic E-state index is 11.8. The van der Waals surface area contributed by atoms with Crippen molar-refractivity contribution in [3.63, 3.8) is 0 Å². The number of ketones is 1. The molecule has 102 valence electrons. The van der Waals surface area contributed by atoms with E-state index in [0.29, 0.717) is 6.61 Å². The molecule has 0 aliphatic heterocycles. The van der Waals surface area contributed by atoms with Crippen molar-refractivity contribution < 1.29 is 23.1 Å². The highest BCUT2D eigenvalue weighted by molar-refractivity contribution is 7.54. The van der Waals surface area contributed by atoms with Crippen LogP contribution in [0.1, 0.15) is 26.2 Å². The molecule has 0 aromatic heterocycles. The van der Waals surface area contributed by atoms with Crippen molar-refractivity contribution in [3.8, 4) is 0 Å². The van der Waals surface area contributed by atoms with Gasteiger partial charge in [-0.2, -0.15) is 0 Å². The third kappa shape index (κ3) is 6.94. The van der Waals surface area contributed by atoms with Gasteiger partial charge in [0.15, 0.2) is 0 Å². The van der Waals surface area contributed by atoms with Gasteiger partial charge >= 0.3 is 7.60 Å². The van der Waals surface area contributed by atoms with Crippen LogP contribution in [0.25, 0.3) is 0 Å². The van der Waals surface area contributed by atoms with Crippen molar-refractivity contribution >= 4 is 13.4 Å². The van der Waals surface area contributed by atoms with Crippen molar-refractivity contribution in [1.29, 1.82) is 0 Å². The maximum Gasteiger partial charge on any atom is 0.337 e. The first-order valence-corrected chi connectivity index (χ1v) is 7.44. The van der Waals surface area contributed by atoms with E-state index in [9.17, 15) is 9.36 Å². The molecule has 0 amide bonds. The van der Waals surface area contributed by atoms with Gasteiger partial charge in [0.05, 0.1) is 0 Å². The van der Waals surface area contributed by atoms with E-state index < -0.39 is 7.60 Å². The molecular formula is C11H23O5P. The van der Waals surface area contributed by atoms with Crippen LogP contribution in [0.5, 0.6) is 0 Å². The number of hydrogen-bond acceptors (Lipinski definition) is 5. The molecule has 0 aromatic rings. The Morgan fingerprint density at radius 2 is 1.76 bits per heavy atom. The van der Waals surface area contributed by atoms with E-state index in [1.165, 1.54) is 14.2 Å². The second-order valence-electron chi connectivity index (χ2n) is 3.99. The summed E-state index contributed by atoms with van der Waals surface area (Å²) in [6.45, 7) is 2.54. The molecule has 0 rings (SSSR count). The predicted octanol–water partition coefficient (Wildman–Crippen LogP) is 2.49. The summed E-state index contributed by atoms with van der Waals surface area (Å²) in [7, 11) is 1.03. The van der Waals surface area contributed by atoms with Crippen molar-refractivity contribution in [1.82, 2.24) is 0 Å². The zero-order valence-corrected chi connectivity index (χ0v) is 12.0. The van der Waals surface area contributed by atoms with Crippen LogP contribution in [0.4, 0.5) is 0 Å². The smallest absolute Gasteiger partial charge is 0.337 e. The lowest BCUT2D eigenvalue weighted by Gasteiger charge is -2.15. The number of rotatable bonds is 10. The monoisotopic (exact) mass is 266 g/mol. The normalized spacial score (nSPS) is 13.6. The third-order valence-corrected chi connectivity index (χ3v) is 4.50. The van der Waals surface area contributed by atoms with Crippen LogP contribution in [-0.2, 0) is 23.1 Å². The Bertz CT molecular complexity index is 259. The number of Topliss-reactive ketones (excluding diaryl/α,β-unsaturated/α-hetero) is 1. The molecule has 17 heavy (non-hydrogen) atoms. The molecule has 0 aliphatic carbocycles. The first-order valence-electron chi connectivity index (χ1n) is 5.71. The van der Waals surface area contributed by atoms with Crippen LogP contribution in [0.3, 0.4) is 0 Å².